The van der Waals surface area contributed by atoms with Crippen molar-refractivity contribution in [2.24, 2.45) is 0 Å². The van der Waals surface area contributed by atoms with Gasteiger partial charge in [0, 0.05) is 29.2 Å². The highest BCUT2D eigenvalue weighted by Gasteiger charge is 2.11. The summed E-state index contributed by atoms with van der Waals surface area (Å²) in [6.07, 6.45) is 1.32. The smallest absolute Gasteiger partial charge is 0.267 e. The fraction of sp³-hybridized carbons (Fsp3) is 0.222. The minimum absolute atomic E-state index is 0.0533. The number of hydrogen-bond acceptors (Lipinski definition) is 6. The number of amides is 1. The fourth-order valence-electron chi connectivity index (χ4n) is 2.21. The second kappa shape index (κ2) is 9.27. The summed E-state index contributed by atoms with van der Waals surface area (Å²) in [6, 6.07) is 12.0. The van der Waals surface area contributed by atoms with Crippen LogP contribution in [0.1, 0.15) is 0 Å². The van der Waals surface area contributed by atoms with Gasteiger partial charge < -0.3 is 25.6 Å². The predicted molar refractivity (Wildman–Crippen MR) is 93.8 cm³/mol. The summed E-state index contributed by atoms with van der Waals surface area (Å²) in [5.41, 5.74) is 0.421. The van der Waals surface area contributed by atoms with Crippen molar-refractivity contribution in [1.82, 2.24) is 5.32 Å². The average molecular weight is 341 g/mol. The first-order chi connectivity index (χ1) is 12.2. The number of nitrogens with one attached hydrogen (secondary N) is 2. The second-order valence-electron chi connectivity index (χ2n) is 5.09. The summed E-state index contributed by atoms with van der Waals surface area (Å²) in [7, 11) is 0. The number of carbonyl (C=O) groups is 1. The molecule has 1 amide bonds. The Morgan fingerprint density at radius 2 is 1.96 bits per heavy atom. The number of anilines is 1. The summed E-state index contributed by atoms with van der Waals surface area (Å²) >= 11 is 0. The standard InChI is InChI=1S/C18H19N3O4/c19-11-13(12-20-7-9-25-10-8-22)18(24)21-16-5-1-4-15-14(16)3-2-6-17(15)23/h1-6,12,20,22-23H,7-10H2,(H,21,24)/b13-12-. The summed E-state index contributed by atoms with van der Waals surface area (Å²) < 4.78 is 5.06. The molecular weight excluding hydrogens is 322 g/mol. The number of phenolic OH excluding ortho intramolecular Hbond substituents is 1. The lowest BCUT2D eigenvalue weighted by Gasteiger charge is -2.09. The number of carbonyl (C=O) groups excluding carboxylic acids is 1. The summed E-state index contributed by atoms with van der Waals surface area (Å²) in [6.45, 7) is 0.938. The van der Waals surface area contributed by atoms with Crippen LogP contribution < -0.4 is 10.6 Å². The van der Waals surface area contributed by atoms with Crippen LogP contribution in [0.5, 0.6) is 5.75 Å². The van der Waals surface area contributed by atoms with Crippen molar-refractivity contribution in [3.63, 3.8) is 0 Å². The van der Waals surface area contributed by atoms with Gasteiger partial charge in [-0.3, -0.25) is 4.79 Å². The van der Waals surface area contributed by atoms with Crippen LogP contribution in [0.3, 0.4) is 0 Å². The first kappa shape index (κ1) is 18.3. The SMILES string of the molecule is N#C/C(=C/NCCOCCO)C(=O)Nc1cccc2c(O)cccc12. The fourth-order valence-corrected chi connectivity index (χ4v) is 2.21. The number of aromatic hydroxyl groups is 1. The molecule has 0 fully saturated rings. The van der Waals surface area contributed by atoms with Gasteiger partial charge in [0.15, 0.2) is 0 Å². The minimum atomic E-state index is -0.554. The van der Waals surface area contributed by atoms with E-state index in [9.17, 15) is 9.90 Å². The molecule has 7 heteroatoms. The molecule has 2 rings (SSSR count). The van der Waals surface area contributed by atoms with Crippen molar-refractivity contribution >= 4 is 22.4 Å². The molecule has 0 aromatic heterocycles. The van der Waals surface area contributed by atoms with E-state index < -0.39 is 5.91 Å². The summed E-state index contributed by atoms with van der Waals surface area (Å²) in [4.78, 5) is 12.3. The molecule has 2 aromatic carbocycles. The lowest BCUT2D eigenvalue weighted by Crippen LogP contribution is -2.19. The molecule has 4 N–H and O–H groups in total. The second-order valence-corrected chi connectivity index (χ2v) is 5.09. The number of fused-ring (bicyclic) bond motifs is 1. The highest BCUT2D eigenvalue weighted by molar-refractivity contribution is 6.11. The van der Waals surface area contributed by atoms with E-state index in [1.807, 2.05) is 6.07 Å². The molecule has 0 spiro atoms. The molecule has 0 aliphatic carbocycles. The van der Waals surface area contributed by atoms with Crippen molar-refractivity contribution in [2.45, 2.75) is 0 Å². The molecule has 0 radical (unpaired) electrons. The number of rotatable bonds is 8. The van der Waals surface area contributed by atoms with Gasteiger partial charge in [0.25, 0.3) is 5.91 Å². The van der Waals surface area contributed by atoms with E-state index in [-0.39, 0.29) is 24.5 Å². The molecule has 0 aliphatic heterocycles. The van der Waals surface area contributed by atoms with Crippen LogP contribution in [0.2, 0.25) is 0 Å². The van der Waals surface area contributed by atoms with E-state index in [2.05, 4.69) is 10.6 Å². The third-order valence-electron chi connectivity index (χ3n) is 3.39. The van der Waals surface area contributed by atoms with Crippen LogP contribution in [0.15, 0.2) is 48.2 Å². The van der Waals surface area contributed by atoms with Crippen LogP contribution >= 0.6 is 0 Å². The Labute approximate surface area is 145 Å². The van der Waals surface area contributed by atoms with Gasteiger partial charge >= 0.3 is 0 Å². The third-order valence-corrected chi connectivity index (χ3v) is 3.39. The molecule has 0 saturated carbocycles. The Morgan fingerprint density at radius 1 is 1.20 bits per heavy atom. The normalized spacial score (nSPS) is 11.1. The Hall–Kier alpha value is -3.08. The lowest BCUT2D eigenvalue weighted by atomic mass is 10.1. The number of benzene rings is 2. The summed E-state index contributed by atoms with van der Waals surface area (Å²) in [5.74, 6) is -0.434. The van der Waals surface area contributed by atoms with Gasteiger partial charge in [0.2, 0.25) is 0 Å². The number of phenols is 1. The highest BCUT2D eigenvalue weighted by atomic mass is 16.5. The molecule has 2 aromatic rings. The zero-order chi connectivity index (χ0) is 18.1. The van der Waals surface area contributed by atoms with Gasteiger partial charge in [-0.05, 0) is 12.1 Å². The van der Waals surface area contributed by atoms with E-state index in [1.54, 1.807) is 36.4 Å². The molecule has 0 saturated heterocycles. The van der Waals surface area contributed by atoms with Crippen molar-refractivity contribution < 1.29 is 19.7 Å². The number of hydrogen-bond donors (Lipinski definition) is 4. The van der Waals surface area contributed by atoms with Gasteiger partial charge in [-0.15, -0.1) is 0 Å². The van der Waals surface area contributed by atoms with E-state index in [4.69, 9.17) is 15.1 Å². The molecular formula is C18H19N3O4. The van der Waals surface area contributed by atoms with Gasteiger partial charge in [-0.2, -0.15) is 5.26 Å². The quantitative estimate of drug-likeness (QED) is 0.329. The van der Waals surface area contributed by atoms with E-state index in [0.717, 1.165) is 0 Å². The van der Waals surface area contributed by atoms with Crippen molar-refractivity contribution in [3.05, 3.63) is 48.2 Å². The molecule has 25 heavy (non-hydrogen) atoms. The van der Waals surface area contributed by atoms with Crippen molar-refractivity contribution in [1.29, 1.82) is 5.26 Å². The first-order valence-corrected chi connectivity index (χ1v) is 7.71. The largest absolute Gasteiger partial charge is 0.507 e. The Bertz CT molecular complexity index is 812. The van der Waals surface area contributed by atoms with Crippen LogP contribution in [0.4, 0.5) is 5.69 Å². The zero-order valence-electron chi connectivity index (χ0n) is 13.5. The first-order valence-electron chi connectivity index (χ1n) is 7.71. The third kappa shape index (κ3) is 4.94. The van der Waals surface area contributed by atoms with Crippen molar-refractivity contribution in [2.75, 3.05) is 31.7 Å². The average Bonchev–Trinajstić information content (AvgIpc) is 2.62. The Morgan fingerprint density at radius 3 is 2.72 bits per heavy atom. The lowest BCUT2D eigenvalue weighted by molar-refractivity contribution is -0.112. The van der Waals surface area contributed by atoms with E-state index in [0.29, 0.717) is 29.6 Å². The molecule has 0 aliphatic rings. The molecule has 0 unspecified atom stereocenters. The van der Waals surface area contributed by atoms with Crippen LogP contribution in [0.25, 0.3) is 10.8 Å². The van der Waals surface area contributed by atoms with Gasteiger partial charge in [0.1, 0.15) is 17.4 Å². The number of ether oxygens (including phenoxy) is 1. The summed E-state index contributed by atoms with van der Waals surface area (Å²) in [5, 5.41) is 34.4. The predicted octanol–water partition coefficient (Wildman–Crippen LogP) is 1.49. The maximum Gasteiger partial charge on any atom is 0.267 e. The number of aliphatic hydroxyl groups is 1. The topological polar surface area (TPSA) is 115 Å². The molecule has 0 bridgehead atoms. The molecule has 0 atom stereocenters. The maximum absolute atomic E-state index is 12.3. The van der Waals surface area contributed by atoms with Gasteiger partial charge in [0.05, 0.1) is 19.8 Å². The highest BCUT2D eigenvalue weighted by Crippen LogP contribution is 2.29. The Kier molecular flexibility index (Phi) is 6.77. The maximum atomic E-state index is 12.3. The van der Waals surface area contributed by atoms with Crippen LogP contribution in [-0.4, -0.2) is 42.5 Å². The number of aliphatic hydroxyl groups excluding tert-OH is 1. The molecule has 7 nitrogen and oxygen atoms in total. The van der Waals surface area contributed by atoms with Crippen LogP contribution in [0, 0.1) is 11.3 Å². The van der Waals surface area contributed by atoms with Gasteiger partial charge in [-0.25, -0.2) is 0 Å². The monoisotopic (exact) mass is 341 g/mol. The molecule has 0 heterocycles. The van der Waals surface area contributed by atoms with E-state index >= 15 is 0 Å². The zero-order valence-corrected chi connectivity index (χ0v) is 13.5. The number of nitriles is 1. The van der Waals surface area contributed by atoms with Crippen molar-refractivity contribution in [3.8, 4) is 11.8 Å². The van der Waals surface area contributed by atoms with Crippen LogP contribution in [-0.2, 0) is 9.53 Å². The molecule has 130 valence electrons. The van der Waals surface area contributed by atoms with E-state index in [1.165, 1.54) is 6.20 Å². The Balaban J connectivity index is 2.05. The minimum Gasteiger partial charge on any atom is -0.507 e. The van der Waals surface area contributed by atoms with Gasteiger partial charge in [-0.1, -0.05) is 24.3 Å². The number of nitrogens with zero attached hydrogens (tertiary/aromatic N) is 1.